The Balaban J connectivity index is 1.46. The molecule has 0 saturated carbocycles. The van der Waals surface area contributed by atoms with Gasteiger partial charge in [0.1, 0.15) is 0 Å². The van der Waals surface area contributed by atoms with Crippen LogP contribution in [-0.4, -0.2) is 24.9 Å². The van der Waals surface area contributed by atoms with Crippen LogP contribution in [0.4, 0.5) is 11.4 Å². The molecule has 6 heteroatoms. The lowest BCUT2D eigenvalue weighted by Crippen LogP contribution is -2.41. The molecule has 0 fully saturated rings. The Morgan fingerprint density at radius 2 is 1.87 bits per heavy atom. The number of aryl methyl sites for hydroxylation is 1. The lowest BCUT2D eigenvalue weighted by Gasteiger charge is -2.30. The summed E-state index contributed by atoms with van der Waals surface area (Å²) in [6, 6.07) is 18.1. The van der Waals surface area contributed by atoms with Crippen LogP contribution in [0.25, 0.3) is 0 Å². The van der Waals surface area contributed by atoms with Crippen LogP contribution in [-0.2, 0) is 16.0 Å². The van der Waals surface area contributed by atoms with E-state index in [1.807, 2.05) is 49.6 Å². The minimum absolute atomic E-state index is 0.00824. The van der Waals surface area contributed by atoms with Crippen LogP contribution in [0.5, 0.6) is 0 Å². The fourth-order valence-electron chi connectivity index (χ4n) is 3.87. The second-order valence-corrected chi connectivity index (χ2v) is 8.49. The van der Waals surface area contributed by atoms with Crippen molar-refractivity contribution >= 4 is 34.5 Å². The molecule has 1 atom stereocenters. The monoisotopic (exact) mass is 419 g/mol. The molecule has 1 aromatic heterocycles. The highest BCUT2D eigenvalue weighted by Gasteiger charge is 2.28. The smallest absolute Gasteiger partial charge is 0.313 e. The zero-order valence-electron chi connectivity index (χ0n) is 17.1. The lowest BCUT2D eigenvalue weighted by atomic mass is 10.1. The van der Waals surface area contributed by atoms with E-state index in [9.17, 15) is 9.59 Å². The number of fused-ring (bicyclic) bond motifs is 1. The molecular formula is C24H25N3O2S. The topological polar surface area (TPSA) is 61.4 Å². The minimum Gasteiger partial charge on any atom is -0.361 e. The second-order valence-electron chi connectivity index (χ2n) is 7.51. The van der Waals surface area contributed by atoms with Gasteiger partial charge in [0.15, 0.2) is 0 Å². The molecule has 1 aliphatic rings. The first kappa shape index (κ1) is 20.2. The molecule has 3 aromatic rings. The molecule has 0 radical (unpaired) electrons. The van der Waals surface area contributed by atoms with Crippen molar-refractivity contribution in [2.45, 2.75) is 26.3 Å². The Morgan fingerprint density at radius 1 is 1.03 bits per heavy atom. The van der Waals surface area contributed by atoms with E-state index in [0.717, 1.165) is 24.1 Å². The van der Waals surface area contributed by atoms with Gasteiger partial charge in [-0.2, -0.15) is 0 Å². The summed E-state index contributed by atoms with van der Waals surface area (Å²) in [5.74, 6) is -1.26. The third-order valence-electron chi connectivity index (χ3n) is 5.69. The predicted octanol–water partition coefficient (Wildman–Crippen LogP) is 4.22. The Labute approximate surface area is 180 Å². The first-order valence-corrected chi connectivity index (χ1v) is 11.0. The van der Waals surface area contributed by atoms with Crippen LogP contribution >= 0.6 is 11.3 Å². The van der Waals surface area contributed by atoms with Gasteiger partial charge in [0.2, 0.25) is 0 Å². The van der Waals surface area contributed by atoms with Crippen molar-refractivity contribution in [2.75, 3.05) is 23.3 Å². The van der Waals surface area contributed by atoms with Gasteiger partial charge in [-0.1, -0.05) is 36.4 Å². The summed E-state index contributed by atoms with van der Waals surface area (Å²) in [5.41, 5.74) is 5.21. The van der Waals surface area contributed by atoms with Gasteiger partial charge in [-0.15, -0.1) is 11.3 Å². The zero-order chi connectivity index (χ0) is 21.1. The van der Waals surface area contributed by atoms with Crippen LogP contribution in [0.3, 0.4) is 0 Å². The van der Waals surface area contributed by atoms with Crippen molar-refractivity contribution in [3.63, 3.8) is 0 Å². The summed E-state index contributed by atoms with van der Waals surface area (Å²) in [6.07, 6.45) is 0.985. The molecule has 0 saturated heterocycles. The maximum atomic E-state index is 12.5. The Morgan fingerprint density at radius 3 is 2.67 bits per heavy atom. The SMILES string of the molecule is Cc1cccc(NC(=O)C(=O)NC[C@H](c2cccs2)N2CCc3ccccc32)c1C. The highest BCUT2D eigenvalue weighted by atomic mass is 32.1. The number of rotatable bonds is 5. The fourth-order valence-corrected chi connectivity index (χ4v) is 4.71. The molecule has 0 unspecified atom stereocenters. The molecule has 154 valence electrons. The number of benzene rings is 2. The van der Waals surface area contributed by atoms with E-state index < -0.39 is 11.8 Å². The number of amides is 2. The number of carbonyl (C=O) groups is 2. The highest BCUT2D eigenvalue weighted by Crippen LogP contribution is 2.36. The maximum Gasteiger partial charge on any atom is 0.313 e. The van der Waals surface area contributed by atoms with E-state index in [-0.39, 0.29) is 6.04 Å². The molecule has 0 aliphatic carbocycles. The summed E-state index contributed by atoms with van der Waals surface area (Å²) in [4.78, 5) is 28.5. The number of thiophene rings is 1. The van der Waals surface area contributed by atoms with Crippen molar-refractivity contribution in [1.82, 2.24) is 5.32 Å². The largest absolute Gasteiger partial charge is 0.361 e. The summed E-state index contributed by atoms with van der Waals surface area (Å²) in [6.45, 7) is 5.17. The average molecular weight is 420 g/mol. The molecule has 2 amide bonds. The van der Waals surface area contributed by atoms with E-state index in [1.165, 1.54) is 16.1 Å². The molecule has 0 spiro atoms. The number of para-hydroxylation sites is 1. The van der Waals surface area contributed by atoms with Crippen LogP contribution in [0.2, 0.25) is 0 Å². The van der Waals surface area contributed by atoms with Gasteiger partial charge in [-0.25, -0.2) is 0 Å². The summed E-state index contributed by atoms with van der Waals surface area (Å²) in [5, 5.41) is 7.62. The standard InChI is InChI=1S/C24H25N3O2S/c1-16-7-5-9-19(17(16)2)26-24(29)23(28)25-15-21(22-11-6-14-30-22)27-13-12-18-8-3-4-10-20(18)27/h3-11,14,21H,12-13,15H2,1-2H3,(H,25,28)(H,26,29)/t21-/m1/s1. The Kier molecular flexibility index (Phi) is 5.86. The van der Waals surface area contributed by atoms with Gasteiger partial charge in [-0.05, 0) is 60.5 Å². The summed E-state index contributed by atoms with van der Waals surface area (Å²) >= 11 is 1.67. The number of nitrogens with zero attached hydrogens (tertiary/aromatic N) is 1. The number of anilines is 2. The van der Waals surface area contributed by atoms with Crippen molar-refractivity contribution in [2.24, 2.45) is 0 Å². The number of nitrogens with one attached hydrogen (secondary N) is 2. The van der Waals surface area contributed by atoms with Crippen molar-refractivity contribution < 1.29 is 9.59 Å². The quantitative estimate of drug-likeness (QED) is 0.609. The summed E-state index contributed by atoms with van der Waals surface area (Å²) in [7, 11) is 0. The third-order valence-corrected chi connectivity index (χ3v) is 6.66. The molecule has 2 aromatic carbocycles. The van der Waals surface area contributed by atoms with Crippen molar-refractivity contribution in [1.29, 1.82) is 0 Å². The molecule has 1 aliphatic heterocycles. The molecule has 5 nitrogen and oxygen atoms in total. The van der Waals surface area contributed by atoms with Gasteiger partial charge in [0, 0.05) is 29.3 Å². The number of carbonyl (C=O) groups excluding carboxylic acids is 2. The maximum absolute atomic E-state index is 12.5. The third kappa shape index (κ3) is 4.09. The fraction of sp³-hybridized carbons (Fsp3) is 0.250. The zero-order valence-corrected chi connectivity index (χ0v) is 18.0. The van der Waals surface area contributed by atoms with Crippen LogP contribution in [0.15, 0.2) is 60.0 Å². The first-order chi connectivity index (χ1) is 14.5. The van der Waals surface area contributed by atoms with E-state index >= 15 is 0 Å². The Hall–Kier alpha value is -3.12. The second kappa shape index (κ2) is 8.71. The minimum atomic E-state index is -0.643. The molecule has 4 rings (SSSR count). The van der Waals surface area contributed by atoms with Gasteiger partial charge in [-0.3, -0.25) is 9.59 Å². The van der Waals surface area contributed by atoms with Crippen molar-refractivity contribution in [3.8, 4) is 0 Å². The van der Waals surface area contributed by atoms with Crippen LogP contribution in [0.1, 0.15) is 27.6 Å². The molecule has 2 heterocycles. The first-order valence-electron chi connectivity index (χ1n) is 10.1. The van der Waals surface area contributed by atoms with Crippen LogP contribution < -0.4 is 15.5 Å². The highest BCUT2D eigenvalue weighted by molar-refractivity contribution is 7.10. The molecular weight excluding hydrogens is 394 g/mol. The van der Waals surface area contributed by atoms with Gasteiger partial charge < -0.3 is 15.5 Å². The van der Waals surface area contributed by atoms with E-state index in [1.54, 1.807) is 11.3 Å². The normalized spacial score (nSPS) is 13.6. The number of hydrogen-bond donors (Lipinski definition) is 2. The molecule has 2 N–H and O–H groups in total. The van der Waals surface area contributed by atoms with Gasteiger partial charge in [0.05, 0.1) is 6.04 Å². The van der Waals surface area contributed by atoms with Gasteiger partial charge in [0.25, 0.3) is 0 Å². The average Bonchev–Trinajstić information content (AvgIpc) is 3.42. The Bertz CT molecular complexity index is 1060. The van der Waals surface area contributed by atoms with E-state index in [4.69, 9.17) is 0 Å². The predicted molar refractivity (Wildman–Crippen MR) is 122 cm³/mol. The van der Waals surface area contributed by atoms with Crippen LogP contribution in [0, 0.1) is 13.8 Å². The van der Waals surface area contributed by atoms with E-state index in [0.29, 0.717) is 12.2 Å². The van der Waals surface area contributed by atoms with E-state index in [2.05, 4.69) is 39.8 Å². The summed E-state index contributed by atoms with van der Waals surface area (Å²) < 4.78 is 0. The van der Waals surface area contributed by atoms with Gasteiger partial charge >= 0.3 is 11.8 Å². The number of hydrogen-bond acceptors (Lipinski definition) is 4. The molecule has 30 heavy (non-hydrogen) atoms. The van der Waals surface area contributed by atoms with Crippen molar-refractivity contribution in [3.05, 3.63) is 81.5 Å². The molecule has 0 bridgehead atoms. The lowest BCUT2D eigenvalue weighted by molar-refractivity contribution is -0.136.